The van der Waals surface area contributed by atoms with Crippen LogP contribution in [-0.2, 0) is 35.0 Å². The molecule has 12 heteroatoms. The molecule has 1 fully saturated rings. The lowest BCUT2D eigenvalue weighted by Crippen LogP contribution is -2.59. The zero-order valence-electron chi connectivity index (χ0n) is 25.1. The fraction of sp³-hybridized carbons (Fsp3) is 0.500. The number of fused-ring (bicyclic) bond motifs is 1. The first-order chi connectivity index (χ1) is 21.2. The molecule has 2 aromatic carbocycles. The number of amides is 3. The van der Waals surface area contributed by atoms with Crippen LogP contribution in [0.4, 0.5) is 0 Å². The van der Waals surface area contributed by atoms with Gasteiger partial charge in [-0.1, -0.05) is 48.4 Å². The van der Waals surface area contributed by atoms with Crippen LogP contribution in [0.5, 0.6) is 5.75 Å². The van der Waals surface area contributed by atoms with Crippen LogP contribution in [-0.4, -0.2) is 87.4 Å². The van der Waals surface area contributed by atoms with Crippen molar-refractivity contribution in [3.05, 3.63) is 64.7 Å². The molecule has 3 N–H and O–H groups in total. The molecular formula is C32H40ClN3O8. The number of ketones is 1. The van der Waals surface area contributed by atoms with E-state index in [1.807, 2.05) is 30.3 Å². The van der Waals surface area contributed by atoms with Crippen LogP contribution < -0.4 is 20.7 Å². The number of Topliss-reactive ketones (excluding diaryl/α,β-unsaturated/α-hetero) is 1. The van der Waals surface area contributed by atoms with Crippen molar-refractivity contribution in [3.8, 4) is 5.75 Å². The van der Waals surface area contributed by atoms with Gasteiger partial charge in [-0.05, 0) is 56.4 Å². The summed E-state index contributed by atoms with van der Waals surface area (Å²) >= 11 is 6.17. The van der Waals surface area contributed by atoms with E-state index in [9.17, 15) is 19.2 Å². The molecule has 2 heterocycles. The second-order valence-electron chi connectivity index (χ2n) is 11.2. The Bertz CT molecular complexity index is 1300. The van der Waals surface area contributed by atoms with Gasteiger partial charge < -0.3 is 34.9 Å². The van der Waals surface area contributed by atoms with Gasteiger partial charge in [-0.15, -0.1) is 0 Å². The number of benzene rings is 2. The van der Waals surface area contributed by atoms with Crippen molar-refractivity contribution in [2.45, 2.75) is 62.8 Å². The highest BCUT2D eigenvalue weighted by Gasteiger charge is 2.50. The highest BCUT2D eigenvalue weighted by molar-refractivity contribution is 6.31. The summed E-state index contributed by atoms with van der Waals surface area (Å²) < 4.78 is 22.3. The van der Waals surface area contributed by atoms with Gasteiger partial charge >= 0.3 is 0 Å². The molecule has 0 aromatic heterocycles. The molecule has 3 amide bonds. The maximum absolute atomic E-state index is 13.7. The van der Waals surface area contributed by atoms with E-state index in [1.54, 1.807) is 19.1 Å². The van der Waals surface area contributed by atoms with Gasteiger partial charge in [0.25, 0.3) is 5.91 Å². The predicted molar refractivity (Wildman–Crippen MR) is 163 cm³/mol. The number of ether oxygens (including phenoxy) is 4. The van der Waals surface area contributed by atoms with E-state index in [0.717, 1.165) is 31.2 Å². The molecule has 4 rings (SSSR count). The molecule has 0 radical (unpaired) electrons. The van der Waals surface area contributed by atoms with E-state index >= 15 is 0 Å². The maximum Gasteiger partial charge on any atom is 0.255 e. The number of carbonyl (C=O) groups excluding carboxylic acids is 4. The summed E-state index contributed by atoms with van der Waals surface area (Å²) in [7, 11) is 1.39. The number of rotatable bonds is 8. The van der Waals surface area contributed by atoms with Gasteiger partial charge in [0.2, 0.25) is 11.8 Å². The Morgan fingerprint density at radius 1 is 1.07 bits per heavy atom. The van der Waals surface area contributed by atoms with Crippen molar-refractivity contribution >= 4 is 35.1 Å². The summed E-state index contributed by atoms with van der Waals surface area (Å²) in [6.45, 7) is 2.43. The average Bonchev–Trinajstić information content (AvgIpc) is 3.77. The van der Waals surface area contributed by atoms with Crippen molar-refractivity contribution in [2.75, 3.05) is 40.1 Å². The summed E-state index contributed by atoms with van der Waals surface area (Å²) in [6.07, 6.45) is 3.49. The van der Waals surface area contributed by atoms with Gasteiger partial charge in [0.15, 0.2) is 5.78 Å². The van der Waals surface area contributed by atoms with Crippen LogP contribution in [0.2, 0.25) is 5.02 Å². The molecule has 0 aliphatic carbocycles. The highest BCUT2D eigenvalue weighted by Crippen LogP contribution is 2.29. The molecule has 44 heavy (non-hydrogen) atoms. The van der Waals surface area contributed by atoms with Crippen LogP contribution in [0.15, 0.2) is 48.5 Å². The Balaban J connectivity index is 1.54. The Hall–Kier alpha value is -3.51. The fourth-order valence-electron chi connectivity index (χ4n) is 4.84. The molecule has 2 aromatic rings. The zero-order chi connectivity index (χ0) is 31.5. The van der Waals surface area contributed by atoms with Crippen LogP contribution in [0.1, 0.15) is 48.5 Å². The van der Waals surface area contributed by atoms with E-state index in [0.29, 0.717) is 24.0 Å². The van der Waals surface area contributed by atoms with Crippen LogP contribution in [0.25, 0.3) is 0 Å². The molecule has 2 aliphatic heterocycles. The second-order valence-corrected chi connectivity index (χ2v) is 11.6. The lowest BCUT2D eigenvalue weighted by atomic mass is 9.94. The molecule has 2 aliphatic rings. The standard InChI is InChI=1S/C32H40ClN3O8/c1-32(20-44-32)28(37)24(16-21-10-6-5-7-11-21)34-31(40)26-19-42-14-8-3-4-9-15-43-27-13-12-22(33)17-23(27)29(38)35-25(18-41-2)30(39)36-26/h5-7,10-13,17,24-26H,3-4,8-9,14-16,18-20H2,1-2H3,(H,34,40)(H,35,38)(H,36,39)/t24-,25-,26-,32+/m0/s1. The third-order valence-electron chi connectivity index (χ3n) is 7.51. The first kappa shape index (κ1) is 33.4. The predicted octanol–water partition coefficient (Wildman–Crippen LogP) is 2.62. The molecule has 238 valence electrons. The molecule has 0 saturated carbocycles. The Morgan fingerprint density at radius 2 is 1.80 bits per heavy atom. The Morgan fingerprint density at radius 3 is 2.50 bits per heavy atom. The summed E-state index contributed by atoms with van der Waals surface area (Å²) in [6, 6.07) is 10.8. The second kappa shape index (κ2) is 16.0. The number of methoxy groups -OCH3 is 1. The van der Waals surface area contributed by atoms with Gasteiger partial charge in [0.1, 0.15) is 23.4 Å². The van der Waals surface area contributed by atoms with Crippen LogP contribution >= 0.6 is 11.6 Å². The van der Waals surface area contributed by atoms with E-state index in [-0.39, 0.29) is 37.6 Å². The molecular weight excluding hydrogens is 590 g/mol. The normalized spacial score (nSPS) is 24.0. The van der Waals surface area contributed by atoms with E-state index in [4.69, 9.17) is 30.5 Å². The van der Waals surface area contributed by atoms with Gasteiger partial charge in [-0.2, -0.15) is 0 Å². The van der Waals surface area contributed by atoms with Crippen molar-refractivity contribution < 1.29 is 38.1 Å². The summed E-state index contributed by atoms with van der Waals surface area (Å²) in [5.41, 5.74) is 0.0609. The number of epoxide rings is 1. The largest absolute Gasteiger partial charge is 0.493 e. The van der Waals surface area contributed by atoms with Crippen LogP contribution in [0.3, 0.4) is 0 Å². The van der Waals surface area contributed by atoms with Crippen molar-refractivity contribution in [2.24, 2.45) is 0 Å². The van der Waals surface area contributed by atoms with Crippen LogP contribution in [0, 0.1) is 0 Å². The number of hydrogen-bond acceptors (Lipinski definition) is 8. The molecule has 4 atom stereocenters. The highest BCUT2D eigenvalue weighted by atomic mass is 35.5. The molecule has 0 unspecified atom stereocenters. The quantitative estimate of drug-likeness (QED) is 0.378. The fourth-order valence-corrected chi connectivity index (χ4v) is 5.01. The van der Waals surface area contributed by atoms with Gasteiger partial charge in [-0.25, -0.2) is 0 Å². The number of carbonyl (C=O) groups is 4. The molecule has 1 saturated heterocycles. The summed E-state index contributed by atoms with van der Waals surface area (Å²) in [4.78, 5) is 53.8. The van der Waals surface area contributed by atoms with Gasteiger partial charge in [-0.3, -0.25) is 19.2 Å². The Kier molecular flexibility index (Phi) is 12.1. The van der Waals surface area contributed by atoms with Gasteiger partial charge in [0.05, 0.1) is 38.0 Å². The summed E-state index contributed by atoms with van der Waals surface area (Å²) in [5.74, 6) is -1.76. The number of hydrogen-bond donors (Lipinski definition) is 3. The van der Waals surface area contributed by atoms with Crippen molar-refractivity contribution in [1.29, 1.82) is 0 Å². The Labute approximate surface area is 262 Å². The smallest absolute Gasteiger partial charge is 0.255 e. The van der Waals surface area contributed by atoms with E-state index < -0.39 is 41.4 Å². The third-order valence-corrected chi connectivity index (χ3v) is 7.75. The monoisotopic (exact) mass is 629 g/mol. The minimum atomic E-state index is -1.16. The molecule has 0 spiro atoms. The lowest BCUT2D eigenvalue weighted by Gasteiger charge is -2.26. The van der Waals surface area contributed by atoms with Gasteiger partial charge in [0, 0.05) is 18.7 Å². The summed E-state index contributed by atoms with van der Waals surface area (Å²) in [5, 5.41) is 8.52. The number of halogens is 1. The first-order valence-electron chi connectivity index (χ1n) is 14.8. The SMILES string of the molecule is COC[C@@H]1NC(=O)c2cc(Cl)ccc2OCCCCCCOC[C@@H](C(=O)N[C@@H](Cc2ccccc2)C(=O)[C@@]2(C)CO2)NC1=O. The van der Waals surface area contributed by atoms with E-state index in [2.05, 4.69) is 16.0 Å². The maximum atomic E-state index is 13.7. The average molecular weight is 630 g/mol. The minimum Gasteiger partial charge on any atom is -0.493 e. The van der Waals surface area contributed by atoms with Crippen molar-refractivity contribution in [1.82, 2.24) is 16.0 Å². The van der Waals surface area contributed by atoms with Crippen molar-refractivity contribution in [3.63, 3.8) is 0 Å². The third kappa shape index (κ3) is 9.49. The van der Waals surface area contributed by atoms with E-state index in [1.165, 1.54) is 13.2 Å². The topological polar surface area (TPSA) is 145 Å². The number of nitrogens with one attached hydrogen (secondary N) is 3. The molecule has 0 bridgehead atoms. The molecule has 11 nitrogen and oxygen atoms in total. The zero-order valence-corrected chi connectivity index (χ0v) is 25.8. The lowest BCUT2D eigenvalue weighted by molar-refractivity contribution is -0.134. The first-order valence-corrected chi connectivity index (χ1v) is 15.2. The minimum absolute atomic E-state index is 0.132.